The summed E-state index contributed by atoms with van der Waals surface area (Å²) >= 11 is 7.79. The van der Waals surface area contributed by atoms with E-state index in [0.717, 1.165) is 24.0 Å². The van der Waals surface area contributed by atoms with E-state index >= 15 is 0 Å². The van der Waals surface area contributed by atoms with Gasteiger partial charge in [0.25, 0.3) is 0 Å². The number of halogens is 1. The largest absolute Gasteiger partial charge is 0.495 e. The lowest BCUT2D eigenvalue weighted by Crippen LogP contribution is -2.44. The molecular formula is C22H24ClN5O2S. The lowest BCUT2D eigenvalue weighted by molar-refractivity contribution is -0.120. The number of hydrogen-bond acceptors (Lipinski definition) is 6. The normalized spacial score (nSPS) is 17.5. The highest BCUT2D eigenvalue weighted by molar-refractivity contribution is 8.00. The Bertz CT molecular complexity index is 1060. The number of unbranched alkanes of at least 4 members (excludes halogenated alkanes) is 1. The van der Waals surface area contributed by atoms with Crippen LogP contribution in [0, 0.1) is 0 Å². The molecule has 0 saturated carbocycles. The maximum atomic E-state index is 13.1. The first-order chi connectivity index (χ1) is 15.1. The molecule has 2 aromatic carbocycles. The van der Waals surface area contributed by atoms with Crippen molar-refractivity contribution < 1.29 is 9.53 Å². The van der Waals surface area contributed by atoms with Gasteiger partial charge in [-0.05, 0) is 24.1 Å². The van der Waals surface area contributed by atoms with Crippen molar-refractivity contribution in [2.45, 2.75) is 36.2 Å². The summed E-state index contributed by atoms with van der Waals surface area (Å²) in [5, 5.41) is 12.4. The molecule has 162 valence electrons. The van der Waals surface area contributed by atoms with E-state index in [-0.39, 0.29) is 11.9 Å². The summed E-state index contributed by atoms with van der Waals surface area (Å²) in [5.41, 5.74) is 5.28. The summed E-state index contributed by atoms with van der Waals surface area (Å²) in [4.78, 5) is 13.1. The van der Waals surface area contributed by atoms with Crippen molar-refractivity contribution in [2.24, 2.45) is 0 Å². The third-order valence-corrected chi connectivity index (χ3v) is 6.60. The molecule has 0 bridgehead atoms. The molecule has 2 atom stereocenters. The van der Waals surface area contributed by atoms with Crippen molar-refractivity contribution in [1.29, 1.82) is 0 Å². The van der Waals surface area contributed by atoms with Gasteiger partial charge in [0.1, 0.15) is 11.0 Å². The van der Waals surface area contributed by atoms with Crippen molar-refractivity contribution in [1.82, 2.24) is 20.2 Å². The number of nitrogens with zero attached hydrogens (tertiary/aromatic N) is 3. The van der Waals surface area contributed by atoms with E-state index in [1.165, 1.54) is 11.8 Å². The van der Waals surface area contributed by atoms with E-state index in [1.54, 1.807) is 7.11 Å². The second-order valence-electron chi connectivity index (χ2n) is 7.19. The van der Waals surface area contributed by atoms with Crippen LogP contribution < -0.4 is 15.5 Å². The Labute approximate surface area is 190 Å². The molecule has 2 N–H and O–H groups in total. The van der Waals surface area contributed by atoms with Crippen LogP contribution in [0.3, 0.4) is 0 Å². The fourth-order valence-electron chi connectivity index (χ4n) is 3.44. The van der Waals surface area contributed by atoms with Crippen LogP contribution in [-0.4, -0.2) is 39.7 Å². The second kappa shape index (κ2) is 9.62. The number of nitrogens with one attached hydrogen (secondary N) is 2. The first-order valence-electron chi connectivity index (χ1n) is 10.2. The van der Waals surface area contributed by atoms with Crippen LogP contribution in [0.1, 0.15) is 31.4 Å². The predicted octanol–water partition coefficient (Wildman–Crippen LogP) is 4.28. The van der Waals surface area contributed by atoms with E-state index in [4.69, 9.17) is 16.3 Å². The summed E-state index contributed by atoms with van der Waals surface area (Å²) in [6, 6.07) is 15.1. The number of rotatable bonds is 7. The molecule has 2 unspecified atom stereocenters. The van der Waals surface area contributed by atoms with Crippen LogP contribution in [0.5, 0.6) is 5.75 Å². The summed E-state index contributed by atoms with van der Waals surface area (Å²) in [6.07, 6.45) is 1.95. The standard InChI is InChI=1S/C22H24ClN5O2S/c1-3-4-12-24-21(29)19-18(15-10-11-17(30-2)16(23)13-15)27-28-20(25-26-22(28)31-19)14-8-6-5-7-9-14/h5-11,13,18-19,27H,3-4,12H2,1-2H3,(H,24,29). The van der Waals surface area contributed by atoms with Gasteiger partial charge in [-0.1, -0.05) is 73.1 Å². The number of carbonyl (C=O) groups excluding carboxylic acids is 1. The molecule has 7 nitrogen and oxygen atoms in total. The molecule has 0 fully saturated rings. The Morgan fingerprint density at radius 1 is 1.26 bits per heavy atom. The summed E-state index contributed by atoms with van der Waals surface area (Å²) in [7, 11) is 1.58. The van der Waals surface area contributed by atoms with Gasteiger partial charge in [-0.15, -0.1) is 10.2 Å². The smallest absolute Gasteiger partial charge is 0.236 e. The van der Waals surface area contributed by atoms with E-state index < -0.39 is 5.25 Å². The van der Waals surface area contributed by atoms with Gasteiger partial charge < -0.3 is 15.5 Å². The van der Waals surface area contributed by atoms with Crippen LogP contribution in [0.4, 0.5) is 0 Å². The van der Waals surface area contributed by atoms with Gasteiger partial charge in [-0.3, -0.25) is 4.79 Å². The van der Waals surface area contributed by atoms with Crippen molar-refractivity contribution in [3.05, 3.63) is 59.1 Å². The molecule has 1 aliphatic heterocycles. The van der Waals surface area contributed by atoms with Crippen LogP contribution in [-0.2, 0) is 4.79 Å². The Balaban J connectivity index is 1.70. The third-order valence-electron chi connectivity index (χ3n) is 5.09. The maximum Gasteiger partial charge on any atom is 0.236 e. The van der Waals surface area contributed by atoms with Crippen molar-refractivity contribution in [2.75, 3.05) is 19.1 Å². The van der Waals surface area contributed by atoms with E-state index in [1.807, 2.05) is 53.2 Å². The number of ether oxygens (including phenoxy) is 1. The number of hydrogen-bond donors (Lipinski definition) is 2. The highest BCUT2D eigenvalue weighted by Crippen LogP contribution is 2.40. The van der Waals surface area contributed by atoms with Crippen LogP contribution >= 0.6 is 23.4 Å². The molecule has 3 aromatic rings. The predicted molar refractivity (Wildman–Crippen MR) is 123 cm³/mol. The van der Waals surface area contributed by atoms with Crippen molar-refractivity contribution in [3.8, 4) is 17.1 Å². The Hall–Kier alpha value is -2.71. The van der Waals surface area contributed by atoms with Crippen LogP contribution in [0.15, 0.2) is 53.7 Å². The first-order valence-corrected chi connectivity index (χ1v) is 11.4. The van der Waals surface area contributed by atoms with Gasteiger partial charge in [0.05, 0.1) is 18.2 Å². The molecule has 2 heterocycles. The minimum absolute atomic E-state index is 0.0431. The van der Waals surface area contributed by atoms with Crippen LogP contribution in [0.25, 0.3) is 11.4 Å². The highest BCUT2D eigenvalue weighted by Gasteiger charge is 2.38. The zero-order valence-electron chi connectivity index (χ0n) is 17.3. The summed E-state index contributed by atoms with van der Waals surface area (Å²) < 4.78 is 7.13. The zero-order chi connectivity index (χ0) is 21.8. The zero-order valence-corrected chi connectivity index (χ0v) is 18.9. The minimum atomic E-state index is -0.429. The maximum absolute atomic E-state index is 13.1. The second-order valence-corrected chi connectivity index (χ2v) is 8.71. The quantitative estimate of drug-likeness (QED) is 0.515. The summed E-state index contributed by atoms with van der Waals surface area (Å²) in [6.45, 7) is 2.74. The fraction of sp³-hybridized carbons (Fsp3) is 0.318. The minimum Gasteiger partial charge on any atom is -0.495 e. The highest BCUT2D eigenvalue weighted by atomic mass is 35.5. The number of methoxy groups -OCH3 is 1. The molecular weight excluding hydrogens is 434 g/mol. The topological polar surface area (TPSA) is 81.1 Å². The van der Waals surface area contributed by atoms with Gasteiger partial charge in [-0.25, -0.2) is 4.68 Å². The van der Waals surface area contributed by atoms with Crippen molar-refractivity contribution in [3.63, 3.8) is 0 Å². The van der Waals surface area contributed by atoms with Gasteiger partial charge in [0, 0.05) is 12.1 Å². The summed E-state index contributed by atoms with van der Waals surface area (Å²) in [5.74, 6) is 1.24. The van der Waals surface area contributed by atoms with E-state index in [2.05, 4.69) is 27.9 Å². The molecule has 0 radical (unpaired) electrons. The van der Waals surface area contributed by atoms with Gasteiger partial charge in [0.15, 0.2) is 5.82 Å². The van der Waals surface area contributed by atoms with E-state index in [0.29, 0.717) is 28.3 Å². The molecule has 0 aliphatic carbocycles. The Morgan fingerprint density at radius 2 is 2.06 bits per heavy atom. The number of benzene rings is 2. The number of thioether (sulfide) groups is 1. The molecule has 0 spiro atoms. The van der Waals surface area contributed by atoms with Gasteiger partial charge in [-0.2, -0.15) is 0 Å². The lowest BCUT2D eigenvalue weighted by atomic mass is 10.0. The molecule has 1 amide bonds. The molecule has 0 saturated heterocycles. The lowest BCUT2D eigenvalue weighted by Gasteiger charge is -2.33. The number of fused-ring (bicyclic) bond motifs is 1. The molecule has 31 heavy (non-hydrogen) atoms. The molecule has 1 aromatic heterocycles. The monoisotopic (exact) mass is 457 g/mol. The SMILES string of the molecule is CCCCNC(=O)C1Sc2nnc(-c3ccccc3)n2NC1c1ccc(OC)c(Cl)c1. The molecule has 1 aliphatic rings. The number of amides is 1. The van der Waals surface area contributed by atoms with Gasteiger partial charge >= 0.3 is 0 Å². The molecule has 4 rings (SSSR count). The van der Waals surface area contributed by atoms with E-state index in [9.17, 15) is 4.79 Å². The first kappa shape index (κ1) is 21.5. The fourth-order valence-corrected chi connectivity index (χ4v) is 4.81. The average Bonchev–Trinajstić information content (AvgIpc) is 3.22. The number of carbonyl (C=O) groups is 1. The molecule has 9 heteroatoms. The number of aromatic nitrogens is 3. The Morgan fingerprint density at radius 3 is 2.77 bits per heavy atom. The Kier molecular flexibility index (Phi) is 6.67. The van der Waals surface area contributed by atoms with Crippen LogP contribution in [0.2, 0.25) is 5.02 Å². The third kappa shape index (κ3) is 4.50. The van der Waals surface area contributed by atoms with Crippen molar-refractivity contribution >= 4 is 29.3 Å². The average molecular weight is 458 g/mol. The van der Waals surface area contributed by atoms with Gasteiger partial charge in [0.2, 0.25) is 11.1 Å².